The first-order valence-corrected chi connectivity index (χ1v) is 8.32. The molecule has 0 fully saturated rings. The van der Waals surface area contributed by atoms with Crippen LogP contribution in [0.15, 0.2) is 53.4 Å². The van der Waals surface area contributed by atoms with Crippen molar-refractivity contribution in [3.05, 3.63) is 63.2 Å². The largest absolute Gasteiger partial charge is 0.392 e. The number of hydrogen-bond donors (Lipinski definition) is 1. The van der Waals surface area contributed by atoms with Crippen LogP contribution in [0.5, 0.6) is 0 Å². The average molecular weight is 384 g/mol. The molecule has 1 unspecified atom stereocenters. The summed E-state index contributed by atoms with van der Waals surface area (Å²) in [4.78, 5) is 1.22. The van der Waals surface area contributed by atoms with Gasteiger partial charge in [-0.25, -0.2) is 0 Å². The zero-order chi connectivity index (χ0) is 13.7. The van der Waals surface area contributed by atoms with Gasteiger partial charge in [0.15, 0.2) is 0 Å². The van der Waals surface area contributed by atoms with Crippen molar-refractivity contribution in [2.24, 2.45) is 0 Å². The topological polar surface area (TPSA) is 20.2 Å². The van der Waals surface area contributed by atoms with E-state index in [-0.39, 0.29) is 6.10 Å². The predicted molar refractivity (Wildman–Crippen MR) is 90.8 cm³/mol. The summed E-state index contributed by atoms with van der Waals surface area (Å²) in [5, 5.41) is 10.1. The molecule has 0 aliphatic carbocycles. The molecule has 100 valence electrons. The quantitative estimate of drug-likeness (QED) is 0.613. The maximum absolute atomic E-state index is 10.1. The fraction of sp³-hybridized carbons (Fsp3) is 0.250. The lowest BCUT2D eigenvalue weighted by molar-refractivity contribution is 0.200. The maximum Gasteiger partial charge on any atom is 0.0674 e. The molecule has 0 amide bonds. The number of halogens is 1. The summed E-state index contributed by atoms with van der Waals surface area (Å²) in [5.74, 6) is 0.732. The third-order valence-corrected chi connectivity index (χ3v) is 4.67. The Morgan fingerprint density at radius 1 is 1.16 bits per heavy atom. The Bertz CT molecular complexity index is 525. The van der Waals surface area contributed by atoms with E-state index in [4.69, 9.17) is 0 Å². The predicted octanol–water partition coefficient (Wildman–Crippen LogP) is 4.30. The van der Waals surface area contributed by atoms with Crippen molar-refractivity contribution in [2.45, 2.75) is 24.3 Å². The van der Waals surface area contributed by atoms with Gasteiger partial charge in [-0.2, -0.15) is 0 Å². The molecule has 1 N–H and O–H groups in total. The Morgan fingerprint density at radius 3 is 2.58 bits per heavy atom. The molecule has 3 heteroatoms. The zero-order valence-corrected chi connectivity index (χ0v) is 13.8. The van der Waals surface area contributed by atoms with E-state index in [0.717, 1.165) is 12.2 Å². The minimum absolute atomic E-state index is 0.300. The first kappa shape index (κ1) is 14.9. The number of aryl methyl sites for hydroxylation is 1. The highest BCUT2D eigenvalue weighted by Gasteiger charge is 2.06. The van der Waals surface area contributed by atoms with Gasteiger partial charge in [0.1, 0.15) is 0 Å². The Hall–Kier alpha value is -0.520. The van der Waals surface area contributed by atoms with E-state index in [9.17, 15) is 5.11 Å². The second-order valence-electron chi connectivity index (χ2n) is 4.61. The lowest BCUT2D eigenvalue weighted by Crippen LogP contribution is -2.13. The van der Waals surface area contributed by atoms with E-state index in [2.05, 4.69) is 78.0 Å². The van der Waals surface area contributed by atoms with Gasteiger partial charge in [0, 0.05) is 14.2 Å². The molecule has 0 aromatic heterocycles. The fourth-order valence-corrected chi connectivity index (χ4v) is 3.16. The molecule has 0 heterocycles. The van der Waals surface area contributed by atoms with E-state index in [0.29, 0.717) is 0 Å². The fourth-order valence-electron chi connectivity index (χ4n) is 1.85. The SMILES string of the molecule is Cc1cccc(SCC(O)Cc2ccc(I)cc2)c1. The smallest absolute Gasteiger partial charge is 0.0674 e. The van der Waals surface area contributed by atoms with Gasteiger partial charge in [-0.05, 0) is 65.8 Å². The first-order valence-electron chi connectivity index (χ1n) is 6.25. The van der Waals surface area contributed by atoms with Gasteiger partial charge in [0.2, 0.25) is 0 Å². The summed E-state index contributed by atoms with van der Waals surface area (Å²) in [5.41, 5.74) is 2.45. The number of thioether (sulfide) groups is 1. The van der Waals surface area contributed by atoms with Crippen molar-refractivity contribution in [3.63, 3.8) is 0 Å². The molecule has 0 saturated heterocycles. The molecule has 0 radical (unpaired) electrons. The summed E-state index contributed by atoms with van der Waals surface area (Å²) >= 11 is 4.00. The minimum atomic E-state index is -0.300. The van der Waals surface area contributed by atoms with Gasteiger partial charge in [-0.15, -0.1) is 11.8 Å². The third-order valence-electron chi connectivity index (χ3n) is 2.82. The number of aliphatic hydroxyl groups is 1. The molecule has 0 saturated carbocycles. The van der Waals surface area contributed by atoms with Crippen molar-refractivity contribution < 1.29 is 5.11 Å². The van der Waals surface area contributed by atoms with Crippen molar-refractivity contribution in [3.8, 4) is 0 Å². The summed E-state index contributed by atoms with van der Waals surface area (Å²) < 4.78 is 1.23. The van der Waals surface area contributed by atoms with E-state index in [1.165, 1.54) is 19.6 Å². The molecule has 19 heavy (non-hydrogen) atoms. The third kappa shape index (κ3) is 5.16. The van der Waals surface area contributed by atoms with Crippen LogP contribution in [-0.4, -0.2) is 17.0 Å². The highest BCUT2D eigenvalue weighted by Crippen LogP contribution is 2.21. The maximum atomic E-state index is 10.1. The van der Waals surface area contributed by atoms with Crippen LogP contribution in [0.3, 0.4) is 0 Å². The Balaban J connectivity index is 1.84. The molecule has 0 aliphatic heterocycles. The van der Waals surface area contributed by atoms with Crippen molar-refractivity contribution in [1.29, 1.82) is 0 Å². The first-order chi connectivity index (χ1) is 9.13. The zero-order valence-electron chi connectivity index (χ0n) is 10.8. The number of hydrogen-bond acceptors (Lipinski definition) is 2. The monoisotopic (exact) mass is 384 g/mol. The summed E-state index contributed by atoms with van der Waals surface area (Å²) in [6, 6.07) is 16.7. The van der Waals surface area contributed by atoms with Crippen LogP contribution in [0.4, 0.5) is 0 Å². The second-order valence-corrected chi connectivity index (χ2v) is 6.95. The minimum Gasteiger partial charge on any atom is -0.392 e. The van der Waals surface area contributed by atoms with Crippen LogP contribution < -0.4 is 0 Å². The van der Waals surface area contributed by atoms with Crippen LogP contribution in [0.25, 0.3) is 0 Å². The number of aliphatic hydroxyl groups excluding tert-OH is 1. The highest BCUT2D eigenvalue weighted by atomic mass is 127. The lowest BCUT2D eigenvalue weighted by atomic mass is 10.1. The summed E-state index contributed by atoms with van der Waals surface area (Å²) in [7, 11) is 0. The molecule has 2 aromatic rings. The molecular weight excluding hydrogens is 367 g/mol. The highest BCUT2D eigenvalue weighted by molar-refractivity contribution is 14.1. The number of rotatable bonds is 5. The Labute approximate surface area is 132 Å². The molecule has 0 bridgehead atoms. The standard InChI is InChI=1S/C16H17IOS/c1-12-3-2-4-16(9-12)19-11-15(18)10-13-5-7-14(17)8-6-13/h2-9,15,18H,10-11H2,1H3. The number of benzene rings is 2. The van der Waals surface area contributed by atoms with Crippen molar-refractivity contribution >= 4 is 34.4 Å². The Morgan fingerprint density at radius 2 is 1.89 bits per heavy atom. The van der Waals surface area contributed by atoms with E-state index >= 15 is 0 Å². The second kappa shape index (κ2) is 7.31. The van der Waals surface area contributed by atoms with E-state index in [1.807, 2.05) is 0 Å². The van der Waals surface area contributed by atoms with Gasteiger partial charge < -0.3 is 5.11 Å². The molecule has 0 aliphatic rings. The molecule has 1 atom stereocenters. The molecular formula is C16H17IOS. The normalized spacial score (nSPS) is 12.4. The van der Waals surface area contributed by atoms with Crippen LogP contribution >= 0.6 is 34.4 Å². The van der Waals surface area contributed by atoms with Crippen LogP contribution in [0, 0.1) is 10.5 Å². The van der Waals surface area contributed by atoms with Gasteiger partial charge in [-0.1, -0.05) is 29.8 Å². The van der Waals surface area contributed by atoms with Gasteiger partial charge in [0.05, 0.1) is 6.10 Å². The molecule has 0 spiro atoms. The average Bonchev–Trinajstić information content (AvgIpc) is 2.39. The van der Waals surface area contributed by atoms with E-state index < -0.39 is 0 Å². The van der Waals surface area contributed by atoms with Crippen LogP contribution in [0.1, 0.15) is 11.1 Å². The van der Waals surface area contributed by atoms with Gasteiger partial charge in [0.25, 0.3) is 0 Å². The van der Waals surface area contributed by atoms with Crippen molar-refractivity contribution in [2.75, 3.05) is 5.75 Å². The van der Waals surface area contributed by atoms with Crippen LogP contribution in [-0.2, 0) is 6.42 Å². The summed E-state index contributed by atoms with van der Waals surface area (Å²) in [6.45, 7) is 2.09. The molecule has 2 rings (SSSR count). The van der Waals surface area contributed by atoms with Gasteiger partial charge >= 0.3 is 0 Å². The Kier molecular flexibility index (Phi) is 5.73. The van der Waals surface area contributed by atoms with E-state index in [1.54, 1.807) is 11.8 Å². The molecule has 2 aromatic carbocycles. The van der Waals surface area contributed by atoms with Crippen molar-refractivity contribution in [1.82, 2.24) is 0 Å². The van der Waals surface area contributed by atoms with Gasteiger partial charge in [-0.3, -0.25) is 0 Å². The lowest BCUT2D eigenvalue weighted by Gasteiger charge is -2.10. The molecule has 1 nitrogen and oxygen atoms in total. The summed E-state index contributed by atoms with van der Waals surface area (Å²) in [6.07, 6.45) is 0.418. The van der Waals surface area contributed by atoms with Crippen LogP contribution in [0.2, 0.25) is 0 Å².